The second-order valence-electron chi connectivity index (χ2n) is 2.11. The number of methoxy groups -OCH3 is 1. The molecule has 0 radical (unpaired) electrons. The molecule has 1 rings (SSSR count). The Hall–Kier alpha value is 0.517. The van der Waals surface area contributed by atoms with Gasteiger partial charge < -0.3 is 10.1 Å². The maximum Gasteiger partial charge on any atom is 1.00 e. The first-order chi connectivity index (χ1) is 3.93. The molecule has 0 atom stereocenters. The van der Waals surface area contributed by atoms with Gasteiger partial charge in [-0.25, -0.2) is 0 Å². The third-order valence-corrected chi connectivity index (χ3v) is 1.55. The summed E-state index contributed by atoms with van der Waals surface area (Å²) in [4.78, 5) is 0. The summed E-state index contributed by atoms with van der Waals surface area (Å²) < 4.78 is 5.13. The molecular weight excluding hydrogens is 109 g/mol. The molecule has 0 aliphatic carbocycles. The minimum atomic E-state index is 0. The van der Waals surface area contributed by atoms with Gasteiger partial charge in [-0.1, -0.05) is 0 Å². The Morgan fingerprint density at radius 3 is 2.22 bits per heavy atom. The topological polar surface area (TPSA) is 23.3 Å². The molecule has 1 fully saturated rings. The Labute approximate surface area is 68.5 Å². The van der Waals surface area contributed by atoms with E-state index in [0.29, 0.717) is 6.10 Å². The molecule has 2 nitrogen and oxygen atoms in total. The smallest absolute Gasteiger partial charge is 0.662 e. The van der Waals surface area contributed by atoms with E-state index in [2.05, 4.69) is 5.32 Å². The first-order valence-electron chi connectivity index (χ1n) is 3.09. The van der Waals surface area contributed by atoms with Crippen molar-refractivity contribution in [2.75, 3.05) is 20.2 Å². The molecular formula is C6H12LiNO. The zero-order chi connectivity index (χ0) is 5.82. The normalized spacial score (nSPS) is 21.0. The van der Waals surface area contributed by atoms with Gasteiger partial charge in [0.2, 0.25) is 0 Å². The Kier molecular flexibility index (Phi) is 5.62. The standard InChI is InChI=1S/C6H12NO.Li/c1-8-6-2-4-7-5-3-6;/h6H,2-5H2,1H3;/q-1;+1. The van der Waals surface area contributed by atoms with Gasteiger partial charge in [-0.05, 0) is 12.8 Å². The number of rotatable bonds is 1. The van der Waals surface area contributed by atoms with Crippen LogP contribution in [-0.2, 0) is 4.74 Å². The molecule has 0 aromatic carbocycles. The van der Waals surface area contributed by atoms with Crippen LogP contribution in [0.15, 0.2) is 0 Å². The largest absolute Gasteiger partial charge is 1.00 e. The Morgan fingerprint density at radius 2 is 1.89 bits per heavy atom. The van der Waals surface area contributed by atoms with Crippen LogP contribution in [0.4, 0.5) is 0 Å². The van der Waals surface area contributed by atoms with E-state index < -0.39 is 0 Å². The molecule has 1 aliphatic heterocycles. The molecule has 9 heavy (non-hydrogen) atoms. The average molecular weight is 121 g/mol. The van der Waals surface area contributed by atoms with Crippen molar-refractivity contribution < 1.29 is 23.6 Å². The van der Waals surface area contributed by atoms with Gasteiger partial charge in [-0.2, -0.15) is 0 Å². The molecule has 0 N–H and O–H groups in total. The van der Waals surface area contributed by atoms with Gasteiger partial charge in [0.15, 0.2) is 0 Å². The molecule has 48 valence electrons. The molecule has 1 heterocycles. The number of hydrogen-bond acceptors (Lipinski definition) is 1. The Morgan fingerprint density at radius 1 is 1.33 bits per heavy atom. The molecule has 0 amide bonds. The molecule has 0 spiro atoms. The van der Waals surface area contributed by atoms with Crippen molar-refractivity contribution >= 4 is 0 Å². The van der Waals surface area contributed by atoms with Crippen LogP contribution in [0, 0.1) is 0 Å². The van der Waals surface area contributed by atoms with Crippen LogP contribution in [-0.4, -0.2) is 26.3 Å². The minimum absolute atomic E-state index is 0. The van der Waals surface area contributed by atoms with E-state index >= 15 is 0 Å². The summed E-state index contributed by atoms with van der Waals surface area (Å²) in [6.45, 7) is 2.00. The van der Waals surface area contributed by atoms with E-state index in [4.69, 9.17) is 4.74 Å². The van der Waals surface area contributed by atoms with E-state index in [1.165, 1.54) is 0 Å². The van der Waals surface area contributed by atoms with Gasteiger partial charge in [0, 0.05) is 7.11 Å². The second-order valence-corrected chi connectivity index (χ2v) is 2.11. The van der Waals surface area contributed by atoms with Gasteiger partial charge in [0.25, 0.3) is 0 Å². The van der Waals surface area contributed by atoms with Crippen molar-refractivity contribution in [1.82, 2.24) is 0 Å². The van der Waals surface area contributed by atoms with Crippen LogP contribution in [0.1, 0.15) is 12.8 Å². The van der Waals surface area contributed by atoms with Gasteiger partial charge in [-0.3, -0.25) is 0 Å². The zero-order valence-corrected chi connectivity index (χ0v) is 6.26. The molecule has 0 saturated carbocycles. The molecule has 3 heteroatoms. The summed E-state index contributed by atoms with van der Waals surface area (Å²) >= 11 is 0. The SMILES string of the molecule is COC1CC[N-]CC1.[Li+]. The maximum absolute atomic E-state index is 5.13. The molecule has 0 aromatic rings. The van der Waals surface area contributed by atoms with E-state index in [1.54, 1.807) is 7.11 Å². The number of ether oxygens (including phenoxy) is 1. The Balaban J connectivity index is 0.000000640. The van der Waals surface area contributed by atoms with E-state index in [0.717, 1.165) is 25.9 Å². The average Bonchev–Trinajstić information content (AvgIpc) is 1.90. The number of piperidine rings is 1. The minimum Gasteiger partial charge on any atom is -0.662 e. The van der Waals surface area contributed by atoms with Crippen molar-refractivity contribution in [3.8, 4) is 0 Å². The van der Waals surface area contributed by atoms with Crippen LogP contribution < -0.4 is 18.9 Å². The van der Waals surface area contributed by atoms with E-state index in [-0.39, 0.29) is 18.9 Å². The summed E-state index contributed by atoms with van der Waals surface area (Å²) in [5.74, 6) is 0. The van der Waals surface area contributed by atoms with Crippen LogP contribution in [0.3, 0.4) is 0 Å². The van der Waals surface area contributed by atoms with Gasteiger partial charge in [0.05, 0.1) is 6.10 Å². The maximum atomic E-state index is 5.13. The predicted octanol–water partition coefficient (Wildman–Crippen LogP) is -1.83. The first-order valence-corrected chi connectivity index (χ1v) is 3.09. The third kappa shape index (κ3) is 3.27. The number of nitrogens with zero attached hydrogens (tertiary/aromatic N) is 1. The third-order valence-electron chi connectivity index (χ3n) is 1.55. The fraction of sp³-hybridized carbons (Fsp3) is 1.00. The zero-order valence-electron chi connectivity index (χ0n) is 6.26. The summed E-state index contributed by atoms with van der Waals surface area (Å²) in [5, 5.41) is 4.20. The van der Waals surface area contributed by atoms with Gasteiger partial charge in [0.1, 0.15) is 0 Å². The van der Waals surface area contributed by atoms with E-state index in [9.17, 15) is 0 Å². The van der Waals surface area contributed by atoms with Crippen molar-refractivity contribution in [2.45, 2.75) is 18.9 Å². The van der Waals surface area contributed by atoms with Crippen LogP contribution in [0.5, 0.6) is 0 Å². The van der Waals surface area contributed by atoms with Crippen molar-refractivity contribution in [3.63, 3.8) is 0 Å². The van der Waals surface area contributed by atoms with Crippen molar-refractivity contribution in [3.05, 3.63) is 5.32 Å². The summed E-state index contributed by atoms with van der Waals surface area (Å²) in [6, 6.07) is 0. The van der Waals surface area contributed by atoms with Gasteiger partial charge >= 0.3 is 18.9 Å². The fourth-order valence-corrected chi connectivity index (χ4v) is 0.962. The summed E-state index contributed by atoms with van der Waals surface area (Å²) in [7, 11) is 1.77. The number of hydrogen-bond donors (Lipinski definition) is 0. The molecule has 0 unspecified atom stereocenters. The monoisotopic (exact) mass is 121 g/mol. The first kappa shape index (κ1) is 9.52. The summed E-state index contributed by atoms with van der Waals surface area (Å²) in [6.07, 6.45) is 2.74. The van der Waals surface area contributed by atoms with Crippen LogP contribution in [0.2, 0.25) is 0 Å². The second kappa shape index (κ2) is 5.31. The molecule has 1 saturated heterocycles. The Bertz CT molecular complexity index is 64.1. The van der Waals surface area contributed by atoms with Crippen molar-refractivity contribution in [1.29, 1.82) is 0 Å². The predicted molar refractivity (Wildman–Crippen MR) is 33.1 cm³/mol. The molecule has 1 aliphatic rings. The summed E-state index contributed by atoms with van der Waals surface area (Å²) in [5.41, 5.74) is 0. The molecule has 0 aromatic heterocycles. The quantitative estimate of drug-likeness (QED) is 0.374. The van der Waals surface area contributed by atoms with Crippen LogP contribution in [0.25, 0.3) is 5.32 Å². The van der Waals surface area contributed by atoms with E-state index in [1.807, 2.05) is 0 Å². The van der Waals surface area contributed by atoms with Crippen LogP contribution >= 0.6 is 0 Å². The van der Waals surface area contributed by atoms with Crippen molar-refractivity contribution in [2.24, 2.45) is 0 Å². The fourth-order valence-electron chi connectivity index (χ4n) is 0.962. The molecule has 0 bridgehead atoms. The van der Waals surface area contributed by atoms with Gasteiger partial charge in [-0.15, -0.1) is 13.1 Å².